The van der Waals surface area contributed by atoms with Crippen molar-refractivity contribution in [2.75, 3.05) is 20.3 Å². The lowest BCUT2D eigenvalue weighted by atomic mass is 9.84. The van der Waals surface area contributed by atoms with Gasteiger partial charge in [-0.25, -0.2) is 0 Å². The first-order chi connectivity index (χ1) is 9.55. The molecule has 3 atom stereocenters. The summed E-state index contributed by atoms with van der Waals surface area (Å²) < 4.78 is 24.1. The molecule has 1 saturated heterocycles. The molecule has 2 rings (SSSR count). The predicted molar refractivity (Wildman–Crippen MR) is 81.1 cm³/mol. The second-order valence-corrected chi connectivity index (χ2v) is 7.26. The van der Waals surface area contributed by atoms with Crippen LogP contribution in [0.3, 0.4) is 0 Å². The van der Waals surface area contributed by atoms with Crippen LogP contribution in [0.2, 0.25) is 0 Å². The lowest BCUT2D eigenvalue weighted by Crippen LogP contribution is -2.58. The van der Waals surface area contributed by atoms with Crippen molar-refractivity contribution in [3.63, 3.8) is 0 Å². The van der Waals surface area contributed by atoms with Gasteiger partial charge in [0.1, 0.15) is 5.78 Å². The van der Waals surface area contributed by atoms with Crippen LogP contribution in [0, 0.1) is 0 Å². The average molecular weight is 297 g/mol. The highest BCUT2D eigenvalue weighted by molar-refractivity contribution is 7.54. The summed E-state index contributed by atoms with van der Waals surface area (Å²) in [6.45, 7) is 6.65. The summed E-state index contributed by atoms with van der Waals surface area (Å²) in [5, 5.41) is 0. The fraction of sp³-hybridized carbons (Fsp3) is 0.600. The van der Waals surface area contributed by atoms with Crippen molar-refractivity contribution in [1.82, 2.24) is 4.90 Å². The smallest absolute Gasteiger partial charge is 0.308 e. The van der Waals surface area contributed by atoms with Gasteiger partial charge in [-0.3, -0.25) is 9.46 Å². The van der Waals surface area contributed by atoms with Gasteiger partial charge in [-0.05, 0) is 33.4 Å². The van der Waals surface area contributed by atoms with Crippen molar-refractivity contribution < 1.29 is 13.6 Å². The third kappa shape index (κ3) is 2.71. The van der Waals surface area contributed by atoms with Crippen molar-refractivity contribution in [3.8, 4) is 0 Å². The molecule has 0 amide bonds. The van der Waals surface area contributed by atoms with E-state index in [0.29, 0.717) is 19.3 Å². The second kappa shape index (κ2) is 6.40. The molecule has 0 unspecified atom stereocenters. The van der Waals surface area contributed by atoms with Gasteiger partial charge in [-0.1, -0.05) is 30.3 Å². The molecular formula is C15H24NO3P. The molecule has 1 fully saturated rings. The molecule has 4 nitrogen and oxygen atoms in total. The minimum Gasteiger partial charge on any atom is -0.308 e. The Kier molecular flexibility index (Phi) is 5.03. The van der Waals surface area contributed by atoms with Gasteiger partial charge >= 0.3 is 7.60 Å². The topological polar surface area (TPSA) is 38.8 Å². The molecule has 0 saturated carbocycles. The minimum absolute atomic E-state index is 0.185. The van der Waals surface area contributed by atoms with E-state index in [1.165, 1.54) is 5.56 Å². The van der Waals surface area contributed by atoms with Crippen molar-refractivity contribution in [2.45, 2.75) is 38.5 Å². The van der Waals surface area contributed by atoms with Crippen LogP contribution in [0.15, 0.2) is 30.3 Å². The van der Waals surface area contributed by atoms with Gasteiger partial charge < -0.3 is 9.05 Å². The first-order valence-electron chi connectivity index (χ1n) is 7.20. The molecule has 0 N–H and O–H groups in total. The van der Waals surface area contributed by atoms with Crippen LogP contribution in [-0.2, 0) is 13.6 Å². The maximum Gasteiger partial charge on any atom is 0.348 e. The van der Waals surface area contributed by atoms with E-state index in [1.54, 1.807) is 0 Å². The fourth-order valence-corrected chi connectivity index (χ4v) is 5.56. The third-order valence-corrected chi connectivity index (χ3v) is 6.60. The van der Waals surface area contributed by atoms with Crippen LogP contribution in [0.1, 0.15) is 32.3 Å². The van der Waals surface area contributed by atoms with Gasteiger partial charge in [0.2, 0.25) is 0 Å². The Hall–Kier alpha value is -0.670. The Balaban J connectivity index is 2.30. The summed E-state index contributed by atoms with van der Waals surface area (Å²) in [4.78, 5) is 2.10. The standard InChI is InChI=1S/C15H24NO3P/c1-5-18-20(17,19-6-2)15-14(12(3)16(15)4)13-10-8-7-9-11-13/h7-12,14-15H,5-6H2,1-4H3/t12-,14-,15-/m0/s1. The first-order valence-corrected chi connectivity index (χ1v) is 8.82. The normalized spacial score (nSPS) is 27.3. The molecular weight excluding hydrogens is 273 g/mol. The van der Waals surface area contributed by atoms with Crippen LogP contribution < -0.4 is 0 Å². The highest BCUT2D eigenvalue weighted by atomic mass is 31.2. The number of benzene rings is 1. The molecule has 0 radical (unpaired) electrons. The van der Waals surface area contributed by atoms with E-state index < -0.39 is 7.60 Å². The van der Waals surface area contributed by atoms with Crippen LogP contribution >= 0.6 is 7.60 Å². The fourth-order valence-electron chi connectivity index (χ4n) is 2.99. The molecule has 1 aliphatic heterocycles. The second-order valence-electron chi connectivity index (χ2n) is 5.13. The van der Waals surface area contributed by atoms with Crippen LogP contribution in [0.5, 0.6) is 0 Å². The van der Waals surface area contributed by atoms with Gasteiger partial charge in [-0.15, -0.1) is 0 Å². The number of hydrogen-bond acceptors (Lipinski definition) is 4. The molecule has 20 heavy (non-hydrogen) atoms. The lowest BCUT2D eigenvalue weighted by Gasteiger charge is -2.53. The first kappa shape index (κ1) is 15.7. The SMILES string of the molecule is CCOP(=O)(OCC)[C@H]1[C@H](c2ccccc2)[C@H](C)N1C. The zero-order chi connectivity index (χ0) is 14.8. The predicted octanol–water partition coefficient (Wildman–Crippen LogP) is 3.70. The molecule has 5 heteroatoms. The summed E-state index contributed by atoms with van der Waals surface area (Å²) in [7, 11) is -1.13. The monoisotopic (exact) mass is 297 g/mol. The van der Waals surface area contributed by atoms with Crippen LogP contribution in [0.4, 0.5) is 0 Å². The zero-order valence-corrected chi connectivity index (χ0v) is 13.5. The minimum atomic E-state index is -3.11. The largest absolute Gasteiger partial charge is 0.348 e. The lowest BCUT2D eigenvalue weighted by molar-refractivity contribution is 0.0443. The van der Waals surface area contributed by atoms with Crippen LogP contribution in [0.25, 0.3) is 0 Å². The van der Waals surface area contributed by atoms with Gasteiger partial charge in [-0.2, -0.15) is 0 Å². The maximum absolute atomic E-state index is 13.0. The van der Waals surface area contributed by atoms with Crippen molar-refractivity contribution in [3.05, 3.63) is 35.9 Å². The van der Waals surface area contributed by atoms with Crippen molar-refractivity contribution >= 4 is 7.60 Å². The van der Waals surface area contributed by atoms with Gasteiger partial charge in [0.05, 0.1) is 13.2 Å². The van der Waals surface area contributed by atoms with E-state index >= 15 is 0 Å². The number of likely N-dealkylation sites (N-methyl/N-ethyl adjacent to an activating group) is 1. The summed E-state index contributed by atoms with van der Waals surface area (Å²) in [6, 6.07) is 10.5. The summed E-state index contributed by atoms with van der Waals surface area (Å²) in [5.41, 5.74) is 1.20. The Bertz CT molecular complexity index is 469. The molecule has 112 valence electrons. The highest BCUT2D eigenvalue weighted by Gasteiger charge is 2.55. The molecule has 1 aromatic carbocycles. The van der Waals surface area contributed by atoms with E-state index in [0.717, 1.165) is 0 Å². The Morgan fingerprint density at radius 3 is 2.20 bits per heavy atom. The van der Waals surface area contributed by atoms with E-state index in [-0.39, 0.29) is 11.7 Å². The maximum atomic E-state index is 13.0. The van der Waals surface area contributed by atoms with Gasteiger partial charge in [0.15, 0.2) is 0 Å². The van der Waals surface area contributed by atoms with E-state index in [2.05, 4.69) is 24.0 Å². The summed E-state index contributed by atoms with van der Waals surface area (Å²) >= 11 is 0. The summed E-state index contributed by atoms with van der Waals surface area (Å²) in [6.07, 6.45) is 0. The Morgan fingerprint density at radius 1 is 1.15 bits per heavy atom. The molecule has 1 aliphatic rings. The summed E-state index contributed by atoms with van der Waals surface area (Å²) in [5.74, 6) is -0.00932. The molecule has 1 heterocycles. The van der Waals surface area contributed by atoms with E-state index in [4.69, 9.17) is 9.05 Å². The van der Waals surface area contributed by atoms with Crippen LogP contribution in [-0.4, -0.2) is 37.0 Å². The van der Waals surface area contributed by atoms with Crippen molar-refractivity contribution in [1.29, 1.82) is 0 Å². The van der Waals surface area contributed by atoms with E-state index in [1.807, 2.05) is 39.1 Å². The number of likely N-dealkylation sites (tertiary alicyclic amines) is 1. The Labute approximate surface area is 121 Å². The van der Waals surface area contributed by atoms with Gasteiger partial charge in [0.25, 0.3) is 0 Å². The van der Waals surface area contributed by atoms with E-state index in [9.17, 15) is 4.57 Å². The number of hydrogen-bond donors (Lipinski definition) is 0. The molecule has 0 aromatic heterocycles. The molecule has 0 aliphatic carbocycles. The Morgan fingerprint density at radius 2 is 1.70 bits per heavy atom. The highest BCUT2D eigenvalue weighted by Crippen LogP contribution is 2.63. The van der Waals surface area contributed by atoms with Gasteiger partial charge in [0, 0.05) is 12.0 Å². The third-order valence-electron chi connectivity index (χ3n) is 4.03. The van der Waals surface area contributed by atoms with Crippen molar-refractivity contribution in [2.24, 2.45) is 0 Å². The molecule has 0 bridgehead atoms. The number of nitrogens with zero attached hydrogens (tertiary/aromatic N) is 1. The number of rotatable bonds is 6. The average Bonchev–Trinajstić information content (AvgIpc) is 2.44. The zero-order valence-electron chi connectivity index (χ0n) is 12.7. The molecule has 0 spiro atoms. The quantitative estimate of drug-likeness (QED) is 0.751. The molecule has 1 aromatic rings.